The molecule has 0 radical (unpaired) electrons. The molecule has 0 aliphatic rings. The highest BCUT2D eigenvalue weighted by molar-refractivity contribution is 5.86. The van der Waals surface area contributed by atoms with E-state index in [1.54, 1.807) is 6.92 Å². The van der Waals surface area contributed by atoms with Gasteiger partial charge in [-0.1, -0.05) is 67.6 Å². The number of nitrogens with zero attached hydrogens (tertiary/aromatic N) is 1. The van der Waals surface area contributed by atoms with E-state index in [-0.39, 0.29) is 30.9 Å². The molecule has 2 aromatic rings. The minimum Gasteiger partial charge on any atom is -0.368 e. The second kappa shape index (κ2) is 9.94. The summed E-state index contributed by atoms with van der Waals surface area (Å²) in [5.41, 5.74) is 13.5. The van der Waals surface area contributed by atoms with Crippen LogP contribution in [0.15, 0.2) is 60.7 Å². The van der Waals surface area contributed by atoms with Crippen molar-refractivity contribution in [2.45, 2.75) is 25.9 Å². The SMILES string of the molecule is CC(C(=O)N(CC(N)=O)[C@H](C)c1ccccc1)C(N)c1ccccc1.Cl. The Balaban J connectivity index is 0.00000338. The van der Waals surface area contributed by atoms with Crippen LogP contribution in [0.25, 0.3) is 0 Å². The van der Waals surface area contributed by atoms with Gasteiger partial charge in [-0.3, -0.25) is 9.59 Å². The third-order valence-corrected chi connectivity index (χ3v) is 4.47. The first-order valence-corrected chi connectivity index (χ1v) is 8.36. The molecule has 2 unspecified atom stereocenters. The molecule has 0 saturated heterocycles. The van der Waals surface area contributed by atoms with Gasteiger partial charge in [0.2, 0.25) is 11.8 Å². The lowest BCUT2D eigenvalue weighted by atomic mass is 9.93. The largest absolute Gasteiger partial charge is 0.368 e. The van der Waals surface area contributed by atoms with Crippen LogP contribution in [-0.4, -0.2) is 23.3 Å². The lowest BCUT2D eigenvalue weighted by Crippen LogP contribution is -2.44. The summed E-state index contributed by atoms with van der Waals surface area (Å²) in [4.78, 5) is 26.1. The lowest BCUT2D eigenvalue weighted by molar-refractivity contribution is -0.141. The average molecular weight is 376 g/mol. The van der Waals surface area contributed by atoms with E-state index in [1.165, 1.54) is 4.90 Å². The van der Waals surface area contributed by atoms with E-state index < -0.39 is 17.9 Å². The maximum atomic E-state index is 13.0. The van der Waals surface area contributed by atoms with Crippen molar-refractivity contribution >= 4 is 24.2 Å². The summed E-state index contributed by atoms with van der Waals surface area (Å²) in [6.45, 7) is 3.53. The number of nitrogens with two attached hydrogens (primary N) is 2. The fourth-order valence-corrected chi connectivity index (χ4v) is 2.86. The van der Waals surface area contributed by atoms with Crippen LogP contribution >= 0.6 is 12.4 Å². The van der Waals surface area contributed by atoms with Gasteiger partial charge < -0.3 is 16.4 Å². The molecular weight excluding hydrogens is 350 g/mol. The standard InChI is InChI=1S/C20H25N3O2.ClH/c1-14(19(22)17-11-7-4-8-12-17)20(25)23(13-18(21)24)15(2)16-9-5-3-6-10-16;/h3-12,14-15,19H,13,22H2,1-2H3,(H2,21,24);1H/t14?,15-,19?;/m1./s1. The van der Waals surface area contributed by atoms with Gasteiger partial charge in [0, 0.05) is 6.04 Å². The van der Waals surface area contributed by atoms with E-state index in [4.69, 9.17) is 11.5 Å². The van der Waals surface area contributed by atoms with Crippen LogP contribution in [0.1, 0.15) is 37.1 Å². The third-order valence-electron chi connectivity index (χ3n) is 4.47. The quantitative estimate of drug-likeness (QED) is 0.779. The van der Waals surface area contributed by atoms with Gasteiger partial charge in [0.05, 0.1) is 18.5 Å². The van der Waals surface area contributed by atoms with Crippen LogP contribution < -0.4 is 11.5 Å². The van der Waals surface area contributed by atoms with E-state index in [1.807, 2.05) is 67.6 Å². The molecule has 2 aromatic carbocycles. The summed E-state index contributed by atoms with van der Waals surface area (Å²) in [7, 11) is 0. The minimum absolute atomic E-state index is 0. The summed E-state index contributed by atoms with van der Waals surface area (Å²) >= 11 is 0. The van der Waals surface area contributed by atoms with Crippen molar-refractivity contribution in [3.63, 3.8) is 0 Å². The summed E-state index contributed by atoms with van der Waals surface area (Å²) in [5, 5.41) is 0. The Morgan fingerprint density at radius 2 is 1.38 bits per heavy atom. The van der Waals surface area contributed by atoms with Crippen molar-refractivity contribution in [3.8, 4) is 0 Å². The van der Waals surface area contributed by atoms with Gasteiger partial charge in [0.15, 0.2) is 0 Å². The molecule has 0 aliphatic heterocycles. The molecule has 0 aromatic heterocycles. The van der Waals surface area contributed by atoms with Gasteiger partial charge in [-0.25, -0.2) is 0 Å². The number of hydrogen-bond donors (Lipinski definition) is 2. The Kier molecular flexibility index (Phi) is 8.29. The van der Waals surface area contributed by atoms with Crippen molar-refractivity contribution in [1.82, 2.24) is 4.90 Å². The Morgan fingerprint density at radius 3 is 1.85 bits per heavy atom. The van der Waals surface area contributed by atoms with Crippen LogP contribution in [0.3, 0.4) is 0 Å². The number of primary amides is 1. The number of benzene rings is 2. The zero-order valence-corrected chi connectivity index (χ0v) is 15.9. The maximum Gasteiger partial charge on any atom is 0.237 e. The Labute approximate surface area is 160 Å². The molecule has 2 amide bonds. The molecule has 26 heavy (non-hydrogen) atoms. The molecule has 0 fully saturated rings. The molecule has 0 spiro atoms. The van der Waals surface area contributed by atoms with Crippen LogP contribution in [0.4, 0.5) is 0 Å². The number of carbonyl (C=O) groups is 2. The molecule has 2 rings (SSSR count). The zero-order valence-electron chi connectivity index (χ0n) is 15.0. The molecule has 3 atom stereocenters. The molecule has 4 N–H and O–H groups in total. The summed E-state index contributed by atoms with van der Waals surface area (Å²) in [6.07, 6.45) is 0. The van der Waals surface area contributed by atoms with Gasteiger partial charge >= 0.3 is 0 Å². The van der Waals surface area contributed by atoms with Gasteiger partial charge in [-0.05, 0) is 18.1 Å². The molecule has 0 aliphatic carbocycles. The molecule has 5 nitrogen and oxygen atoms in total. The van der Waals surface area contributed by atoms with Crippen molar-refractivity contribution in [3.05, 3.63) is 71.8 Å². The predicted octanol–water partition coefficient (Wildman–Crippen LogP) is 2.82. The number of halogens is 1. The van der Waals surface area contributed by atoms with Crippen molar-refractivity contribution in [2.75, 3.05) is 6.54 Å². The number of hydrogen-bond acceptors (Lipinski definition) is 3. The van der Waals surface area contributed by atoms with Crippen LogP contribution in [0.2, 0.25) is 0 Å². The topological polar surface area (TPSA) is 89.4 Å². The highest BCUT2D eigenvalue weighted by Crippen LogP contribution is 2.26. The van der Waals surface area contributed by atoms with Gasteiger partial charge in [-0.2, -0.15) is 0 Å². The van der Waals surface area contributed by atoms with Crippen LogP contribution in [0, 0.1) is 5.92 Å². The third kappa shape index (κ3) is 5.31. The first-order valence-electron chi connectivity index (χ1n) is 8.36. The smallest absolute Gasteiger partial charge is 0.237 e. The van der Waals surface area contributed by atoms with E-state index in [2.05, 4.69) is 0 Å². The van der Waals surface area contributed by atoms with Gasteiger partial charge in [0.1, 0.15) is 0 Å². The molecule has 0 saturated carbocycles. The monoisotopic (exact) mass is 375 g/mol. The first-order chi connectivity index (χ1) is 11.9. The fourth-order valence-electron chi connectivity index (χ4n) is 2.86. The van der Waals surface area contributed by atoms with E-state index in [9.17, 15) is 9.59 Å². The molecule has 140 valence electrons. The zero-order chi connectivity index (χ0) is 18.4. The Hall–Kier alpha value is -2.37. The minimum atomic E-state index is -0.545. The first kappa shape index (κ1) is 21.7. The van der Waals surface area contributed by atoms with Crippen molar-refractivity contribution in [2.24, 2.45) is 17.4 Å². The van der Waals surface area contributed by atoms with Gasteiger partial charge in [-0.15, -0.1) is 12.4 Å². The van der Waals surface area contributed by atoms with Crippen molar-refractivity contribution in [1.29, 1.82) is 0 Å². The maximum absolute atomic E-state index is 13.0. The van der Waals surface area contributed by atoms with E-state index in [0.29, 0.717) is 0 Å². The highest BCUT2D eigenvalue weighted by atomic mass is 35.5. The Morgan fingerprint density at radius 1 is 0.923 bits per heavy atom. The fraction of sp³-hybridized carbons (Fsp3) is 0.300. The number of rotatable bonds is 7. The Bertz CT molecular complexity index is 710. The second-order valence-corrected chi connectivity index (χ2v) is 6.24. The van der Waals surface area contributed by atoms with Crippen molar-refractivity contribution < 1.29 is 9.59 Å². The molecule has 0 heterocycles. The molecule has 0 bridgehead atoms. The summed E-state index contributed by atoms with van der Waals surface area (Å²) in [5.74, 6) is -1.21. The van der Waals surface area contributed by atoms with Gasteiger partial charge in [0.25, 0.3) is 0 Å². The van der Waals surface area contributed by atoms with Crippen LogP contribution in [0.5, 0.6) is 0 Å². The normalized spacial score (nSPS) is 13.8. The van der Waals surface area contributed by atoms with Crippen LogP contribution in [-0.2, 0) is 9.59 Å². The molecule has 6 heteroatoms. The predicted molar refractivity (Wildman–Crippen MR) is 106 cm³/mol. The molecular formula is C20H26ClN3O2. The number of carbonyl (C=O) groups excluding carboxylic acids is 2. The average Bonchev–Trinajstić information content (AvgIpc) is 2.65. The van der Waals surface area contributed by atoms with E-state index in [0.717, 1.165) is 11.1 Å². The number of amides is 2. The van der Waals surface area contributed by atoms with E-state index >= 15 is 0 Å². The highest BCUT2D eigenvalue weighted by Gasteiger charge is 2.30. The summed E-state index contributed by atoms with van der Waals surface area (Å²) < 4.78 is 0. The summed E-state index contributed by atoms with van der Waals surface area (Å²) in [6, 6.07) is 18.3. The lowest BCUT2D eigenvalue weighted by Gasteiger charge is -2.32. The second-order valence-electron chi connectivity index (χ2n) is 6.24.